The molecular weight excluding hydrogens is 352 g/mol. The van der Waals surface area contributed by atoms with Gasteiger partial charge < -0.3 is 15.6 Å². The molecule has 0 radical (unpaired) electrons. The number of aromatic nitrogens is 2. The molecule has 0 spiro atoms. The van der Waals surface area contributed by atoms with E-state index < -0.39 is 0 Å². The monoisotopic (exact) mass is 382 g/mol. The van der Waals surface area contributed by atoms with Gasteiger partial charge in [-0.2, -0.15) is 0 Å². The van der Waals surface area contributed by atoms with E-state index in [1.807, 2.05) is 6.07 Å². The Morgan fingerprint density at radius 3 is 2.68 bits per heavy atom. The van der Waals surface area contributed by atoms with Crippen molar-refractivity contribution in [1.82, 2.24) is 15.5 Å². The zero-order chi connectivity index (χ0) is 19.3. The first-order chi connectivity index (χ1) is 13.6. The molecule has 28 heavy (non-hydrogen) atoms. The Labute approximate surface area is 165 Å². The summed E-state index contributed by atoms with van der Waals surface area (Å²) < 4.78 is 5.53. The third-order valence-electron chi connectivity index (χ3n) is 6.94. The van der Waals surface area contributed by atoms with E-state index in [0.29, 0.717) is 29.0 Å². The Morgan fingerprint density at radius 1 is 1.25 bits per heavy atom. The second-order valence-electron chi connectivity index (χ2n) is 9.11. The van der Waals surface area contributed by atoms with Gasteiger partial charge in [0.15, 0.2) is 0 Å². The molecule has 6 heteroatoms. The normalized spacial score (nSPS) is 29.8. The average Bonchev–Trinajstić information content (AvgIpc) is 3.44. The van der Waals surface area contributed by atoms with Crippen molar-refractivity contribution in [2.45, 2.75) is 82.7 Å². The van der Waals surface area contributed by atoms with E-state index in [1.165, 1.54) is 19.3 Å². The van der Waals surface area contributed by atoms with E-state index in [2.05, 4.69) is 22.4 Å². The van der Waals surface area contributed by atoms with Crippen molar-refractivity contribution in [1.29, 1.82) is 0 Å². The van der Waals surface area contributed by atoms with Crippen molar-refractivity contribution in [3.8, 4) is 0 Å². The lowest BCUT2D eigenvalue weighted by atomic mass is 9.67. The van der Waals surface area contributed by atoms with Crippen LogP contribution in [0.15, 0.2) is 10.6 Å². The molecule has 0 saturated heterocycles. The molecule has 3 aliphatic carbocycles. The number of fused-ring (bicyclic) bond motifs is 3. The van der Waals surface area contributed by atoms with Crippen LogP contribution in [-0.2, 0) is 6.42 Å². The minimum atomic E-state index is 0.00669. The molecule has 2 aromatic heterocycles. The number of aryl methyl sites for hydroxylation is 1. The van der Waals surface area contributed by atoms with Gasteiger partial charge in [0.05, 0.1) is 16.6 Å². The number of nitrogens with zero attached hydrogens (tertiary/aromatic N) is 2. The van der Waals surface area contributed by atoms with Crippen LogP contribution < -0.4 is 11.1 Å². The third-order valence-corrected chi connectivity index (χ3v) is 6.94. The largest absolute Gasteiger partial charge is 0.349 e. The van der Waals surface area contributed by atoms with E-state index in [1.54, 1.807) is 0 Å². The van der Waals surface area contributed by atoms with Gasteiger partial charge in [-0.1, -0.05) is 24.9 Å². The van der Waals surface area contributed by atoms with Crippen LogP contribution in [0.5, 0.6) is 0 Å². The zero-order valence-corrected chi connectivity index (χ0v) is 16.6. The van der Waals surface area contributed by atoms with E-state index in [9.17, 15) is 4.79 Å². The van der Waals surface area contributed by atoms with Gasteiger partial charge in [-0.15, -0.1) is 0 Å². The van der Waals surface area contributed by atoms with Gasteiger partial charge in [-0.05, 0) is 62.8 Å². The molecule has 2 aromatic rings. The fourth-order valence-corrected chi connectivity index (χ4v) is 5.46. The van der Waals surface area contributed by atoms with Crippen LogP contribution in [0, 0.1) is 11.8 Å². The average molecular weight is 383 g/mol. The molecule has 150 valence electrons. The Kier molecular flexibility index (Phi) is 4.62. The second-order valence-corrected chi connectivity index (χ2v) is 9.11. The Hall–Kier alpha value is -1.95. The maximum absolute atomic E-state index is 13.4. The summed E-state index contributed by atoms with van der Waals surface area (Å²) >= 11 is 0. The van der Waals surface area contributed by atoms with Crippen LogP contribution in [0.25, 0.3) is 11.1 Å². The third kappa shape index (κ3) is 3.21. The molecule has 6 nitrogen and oxygen atoms in total. The molecule has 3 aliphatic rings. The number of pyridine rings is 1. The highest BCUT2D eigenvalue weighted by molar-refractivity contribution is 6.06. The predicted molar refractivity (Wildman–Crippen MR) is 107 cm³/mol. The lowest BCUT2D eigenvalue weighted by molar-refractivity contribution is 0.0757. The number of rotatable bonds is 5. The highest BCUT2D eigenvalue weighted by atomic mass is 16.5. The van der Waals surface area contributed by atoms with Crippen LogP contribution in [0.4, 0.5) is 0 Å². The summed E-state index contributed by atoms with van der Waals surface area (Å²) in [5, 5.41) is 8.44. The summed E-state index contributed by atoms with van der Waals surface area (Å²) in [6.07, 6.45) is 9.67. The lowest BCUT2D eigenvalue weighted by Crippen LogP contribution is -2.53. The van der Waals surface area contributed by atoms with E-state index >= 15 is 0 Å². The Balaban J connectivity index is 1.49. The molecule has 3 N–H and O–H groups in total. The van der Waals surface area contributed by atoms with Crippen molar-refractivity contribution in [3.05, 3.63) is 23.0 Å². The molecule has 0 aliphatic heterocycles. The second kappa shape index (κ2) is 7.14. The summed E-state index contributed by atoms with van der Waals surface area (Å²) in [6.45, 7) is 2.11. The molecule has 3 fully saturated rings. The summed E-state index contributed by atoms with van der Waals surface area (Å²) in [6, 6.07) is 2.52. The molecular formula is C22H30N4O2. The SMILES string of the molecule is CCCc1noc2nc(C3CC3)cc(C(=O)NC3C4CCCC3CC(N)C4)c12. The van der Waals surface area contributed by atoms with Crippen molar-refractivity contribution < 1.29 is 9.32 Å². The highest BCUT2D eigenvalue weighted by Crippen LogP contribution is 2.42. The smallest absolute Gasteiger partial charge is 0.259 e. The first-order valence-electron chi connectivity index (χ1n) is 11.0. The topological polar surface area (TPSA) is 94.0 Å². The van der Waals surface area contributed by atoms with Gasteiger partial charge in [-0.3, -0.25) is 4.79 Å². The molecule has 2 bridgehead atoms. The van der Waals surface area contributed by atoms with Crippen LogP contribution >= 0.6 is 0 Å². The van der Waals surface area contributed by atoms with Crippen LogP contribution in [0.1, 0.15) is 86.0 Å². The Bertz CT molecular complexity index is 874. The summed E-state index contributed by atoms with van der Waals surface area (Å²) in [5.41, 5.74) is 9.30. The van der Waals surface area contributed by atoms with Gasteiger partial charge in [0, 0.05) is 23.7 Å². The van der Waals surface area contributed by atoms with E-state index in [4.69, 9.17) is 10.3 Å². The van der Waals surface area contributed by atoms with Crippen LogP contribution in [-0.4, -0.2) is 28.1 Å². The standard InChI is InChI=1S/C22H30N4O2/c1-2-4-17-19-16(11-18(12-7-8-12)24-22(19)28-26-17)21(27)25-20-13-5-3-6-14(20)10-15(23)9-13/h11-15,20H,2-10,23H2,1H3,(H,25,27). The molecule has 1 amide bonds. The van der Waals surface area contributed by atoms with Gasteiger partial charge in [0.25, 0.3) is 11.6 Å². The van der Waals surface area contributed by atoms with Crippen molar-refractivity contribution >= 4 is 17.0 Å². The number of hydrogen-bond acceptors (Lipinski definition) is 5. The molecule has 5 rings (SSSR count). The van der Waals surface area contributed by atoms with E-state index in [0.717, 1.165) is 55.3 Å². The maximum atomic E-state index is 13.4. The summed E-state index contributed by atoms with van der Waals surface area (Å²) in [4.78, 5) is 18.1. The fraction of sp³-hybridized carbons (Fsp3) is 0.682. The van der Waals surface area contributed by atoms with Crippen molar-refractivity contribution in [2.24, 2.45) is 17.6 Å². The number of hydrogen-bond donors (Lipinski definition) is 2. The number of amides is 1. The number of nitrogens with one attached hydrogen (secondary N) is 1. The van der Waals surface area contributed by atoms with Gasteiger partial charge in [0.2, 0.25) is 0 Å². The van der Waals surface area contributed by atoms with Crippen LogP contribution in [0.3, 0.4) is 0 Å². The molecule has 3 saturated carbocycles. The molecule has 2 atom stereocenters. The van der Waals surface area contributed by atoms with E-state index in [-0.39, 0.29) is 18.0 Å². The minimum Gasteiger partial charge on any atom is -0.349 e. The number of carbonyl (C=O) groups excluding carboxylic acids is 1. The van der Waals surface area contributed by atoms with Gasteiger partial charge in [-0.25, -0.2) is 4.98 Å². The zero-order valence-electron chi connectivity index (χ0n) is 16.6. The maximum Gasteiger partial charge on any atom is 0.259 e. The van der Waals surface area contributed by atoms with Gasteiger partial charge in [0.1, 0.15) is 0 Å². The quantitative estimate of drug-likeness (QED) is 0.822. The van der Waals surface area contributed by atoms with Crippen LogP contribution in [0.2, 0.25) is 0 Å². The van der Waals surface area contributed by atoms with Crippen molar-refractivity contribution in [3.63, 3.8) is 0 Å². The number of carbonyl (C=O) groups is 1. The highest BCUT2D eigenvalue weighted by Gasteiger charge is 2.40. The predicted octanol–water partition coefficient (Wildman–Crippen LogP) is 3.69. The molecule has 2 unspecified atom stereocenters. The minimum absolute atomic E-state index is 0.00669. The fourth-order valence-electron chi connectivity index (χ4n) is 5.46. The summed E-state index contributed by atoms with van der Waals surface area (Å²) in [5.74, 6) is 1.48. The molecule has 2 heterocycles. The first kappa shape index (κ1) is 18.1. The van der Waals surface area contributed by atoms with Crippen molar-refractivity contribution in [2.75, 3.05) is 0 Å². The first-order valence-corrected chi connectivity index (χ1v) is 11.0. The Morgan fingerprint density at radius 2 is 2.00 bits per heavy atom. The lowest BCUT2D eigenvalue weighted by Gasteiger charge is -2.45. The summed E-state index contributed by atoms with van der Waals surface area (Å²) in [7, 11) is 0. The van der Waals surface area contributed by atoms with Gasteiger partial charge >= 0.3 is 0 Å². The number of nitrogens with two attached hydrogens (primary N) is 1. The molecule has 0 aromatic carbocycles.